The highest BCUT2D eigenvalue weighted by Crippen LogP contribution is 2.36. The minimum atomic E-state index is 0.815. The van der Waals surface area contributed by atoms with Gasteiger partial charge in [0.2, 0.25) is 0 Å². The lowest BCUT2D eigenvalue weighted by molar-refractivity contribution is 0.357. The van der Waals surface area contributed by atoms with Crippen LogP contribution in [0.4, 0.5) is 0 Å². The number of benzene rings is 3. The Kier molecular flexibility index (Phi) is 4.16. The van der Waals surface area contributed by atoms with Crippen LogP contribution in [0, 0.1) is 0 Å². The van der Waals surface area contributed by atoms with Crippen LogP contribution in [0.1, 0.15) is 33.5 Å². The Morgan fingerprint density at radius 1 is 0.900 bits per heavy atom. The third-order valence-corrected chi connectivity index (χ3v) is 6.42. The fourth-order valence-electron chi connectivity index (χ4n) is 4.87. The lowest BCUT2D eigenvalue weighted by Crippen LogP contribution is -2.01. The van der Waals surface area contributed by atoms with E-state index in [-0.39, 0.29) is 0 Å². The largest absolute Gasteiger partial charge is 0.493 e. The summed E-state index contributed by atoms with van der Waals surface area (Å²) in [5.41, 5.74) is 9.41. The Labute approximate surface area is 176 Å². The molecule has 0 saturated heterocycles. The molecule has 2 heterocycles. The highest BCUT2D eigenvalue weighted by Gasteiger charge is 2.20. The topological polar surface area (TPSA) is 22.1 Å². The van der Waals surface area contributed by atoms with Gasteiger partial charge in [-0.05, 0) is 69.1 Å². The van der Waals surface area contributed by atoms with Crippen molar-refractivity contribution in [3.05, 3.63) is 106 Å². The second-order valence-electron chi connectivity index (χ2n) is 8.24. The molecule has 0 bridgehead atoms. The molecule has 1 aliphatic heterocycles. The molecular weight excluding hydrogens is 366 g/mol. The van der Waals surface area contributed by atoms with E-state index in [4.69, 9.17) is 9.72 Å². The molecule has 0 amide bonds. The number of fused-ring (bicyclic) bond motifs is 3. The summed E-state index contributed by atoms with van der Waals surface area (Å²) in [5, 5.41) is 2.62. The van der Waals surface area contributed by atoms with Crippen LogP contribution in [0.3, 0.4) is 0 Å². The standard InChI is InChI=1S/C28H23NO/c1-2-6-24-20(4-1)5-3-7-25(24)23-17-21-12-14-29-27(26(21)18-23)10-8-19-9-11-28-22(16-19)13-15-30-28/h1-7,9,11-12,14,16-17H,8,10,13,15,18H2. The zero-order valence-electron chi connectivity index (χ0n) is 16.9. The van der Waals surface area contributed by atoms with Gasteiger partial charge >= 0.3 is 0 Å². The van der Waals surface area contributed by atoms with Crippen LogP contribution < -0.4 is 4.74 Å². The number of nitrogens with zero attached hydrogens (tertiary/aromatic N) is 1. The minimum Gasteiger partial charge on any atom is -0.493 e. The maximum Gasteiger partial charge on any atom is 0.122 e. The average molecular weight is 389 g/mol. The first-order chi connectivity index (χ1) is 14.8. The van der Waals surface area contributed by atoms with E-state index in [9.17, 15) is 0 Å². The van der Waals surface area contributed by atoms with Crippen molar-refractivity contribution in [3.63, 3.8) is 0 Å². The molecule has 2 heteroatoms. The van der Waals surface area contributed by atoms with Gasteiger partial charge in [0.15, 0.2) is 0 Å². The highest BCUT2D eigenvalue weighted by atomic mass is 16.5. The van der Waals surface area contributed by atoms with E-state index in [0.29, 0.717) is 0 Å². The number of ether oxygens (including phenoxy) is 1. The van der Waals surface area contributed by atoms with Crippen molar-refractivity contribution in [2.75, 3.05) is 6.61 Å². The molecule has 146 valence electrons. The maximum absolute atomic E-state index is 5.64. The molecule has 4 aromatic rings. The van der Waals surface area contributed by atoms with E-state index in [1.165, 1.54) is 49.9 Å². The first-order valence-electron chi connectivity index (χ1n) is 10.8. The summed E-state index contributed by atoms with van der Waals surface area (Å²) in [6.45, 7) is 0.815. The zero-order valence-corrected chi connectivity index (χ0v) is 16.9. The molecule has 0 saturated carbocycles. The second kappa shape index (κ2) is 7.14. The van der Waals surface area contributed by atoms with Crippen LogP contribution in [0.2, 0.25) is 0 Å². The van der Waals surface area contributed by atoms with Gasteiger partial charge in [-0.25, -0.2) is 0 Å². The fourth-order valence-corrected chi connectivity index (χ4v) is 4.87. The minimum absolute atomic E-state index is 0.815. The molecule has 0 N–H and O–H groups in total. The predicted octanol–water partition coefficient (Wildman–Crippen LogP) is 6.05. The Morgan fingerprint density at radius 3 is 2.83 bits per heavy atom. The molecule has 0 atom stereocenters. The van der Waals surface area contributed by atoms with Crippen LogP contribution in [0.15, 0.2) is 72.9 Å². The predicted molar refractivity (Wildman–Crippen MR) is 123 cm³/mol. The molecule has 30 heavy (non-hydrogen) atoms. The van der Waals surface area contributed by atoms with Crippen molar-refractivity contribution < 1.29 is 4.74 Å². The van der Waals surface area contributed by atoms with Gasteiger partial charge in [-0.2, -0.15) is 0 Å². The van der Waals surface area contributed by atoms with Crippen molar-refractivity contribution in [2.24, 2.45) is 0 Å². The van der Waals surface area contributed by atoms with Crippen molar-refractivity contribution in [1.82, 2.24) is 4.98 Å². The molecule has 0 unspecified atom stereocenters. The number of hydrogen-bond acceptors (Lipinski definition) is 2. The first kappa shape index (κ1) is 17.5. The zero-order chi connectivity index (χ0) is 19.9. The van der Waals surface area contributed by atoms with Gasteiger partial charge in [0, 0.05) is 24.7 Å². The Morgan fingerprint density at radius 2 is 1.83 bits per heavy atom. The molecule has 0 spiro atoms. The number of allylic oxidation sites excluding steroid dienone is 1. The maximum atomic E-state index is 5.64. The van der Waals surface area contributed by atoms with Gasteiger partial charge in [-0.3, -0.25) is 4.98 Å². The summed E-state index contributed by atoms with van der Waals surface area (Å²) in [6, 6.07) is 24.1. The van der Waals surface area contributed by atoms with E-state index in [1.807, 2.05) is 6.20 Å². The van der Waals surface area contributed by atoms with Gasteiger partial charge in [0.25, 0.3) is 0 Å². The first-order valence-corrected chi connectivity index (χ1v) is 10.8. The molecule has 3 aromatic carbocycles. The van der Waals surface area contributed by atoms with Crippen LogP contribution in [0.25, 0.3) is 22.4 Å². The van der Waals surface area contributed by atoms with E-state index in [1.54, 1.807) is 0 Å². The SMILES string of the molecule is C1=C(c2cccc3ccccc23)Cc2c1ccnc2CCc1ccc2c(c1)CCO2. The summed E-state index contributed by atoms with van der Waals surface area (Å²) < 4.78 is 5.64. The monoisotopic (exact) mass is 389 g/mol. The van der Waals surface area contributed by atoms with Crippen LogP contribution >= 0.6 is 0 Å². The molecule has 6 rings (SSSR count). The van der Waals surface area contributed by atoms with Crippen LogP contribution in [0.5, 0.6) is 5.75 Å². The number of rotatable bonds is 4. The van der Waals surface area contributed by atoms with Crippen molar-refractivity contribution in [1.29, 1.82) is 0 Å². The number of hydrogen-bond donors (Lipinski definition) is 0. The quantitative estimate of drug-likeness (QED) is 0.424. The Balaban J connectivity index is 1.27. The van der Waals surface area contributed by atoms with Gasteiger partial charge in [0.1, 0.15) is 5.75 Å². The van der Waals surface area contributed by atoms with Crippen molar-refractivity contribution >= 4 is 22.4 Å². The lowest BCUT2D eigenvalue weighted by Gasteiger charge is -2.10. The van der Waals surface area contributed by atoms with Crippen LogP contribution in [-0.4, -0.2) is 11.6 Å². The Bertz CT molecular complexity index is 1300. The van der Waals surface area contributed by atoms with Gasteiger partial charge < -0.3 is 4.74 Å². The lowest BCUT2D eigenvalue weighted by atomic mass is 9.96. The second-order valence-corrected chi connectivity index (χ2v) is 8.24. The number of aryl methyl sites for hydroxylation is 2. The number of pyridine rings is 1. The van der Waals surface area contributed by atoms with Gasteiger partial charge in [0.05, 0.1) is 6.61 Å². The average Bonchev–Trinajstić information content (AvgIpc) is 3.44. The normalized spacial score (nSPS) is 14.3. The third kappa shape index (κ3) is 3.00. The molecular formula is C28H23NO. The molecule has 1 aliphatic carbocycles. The summed E-state index contributed by atoms with van der Waals surface area (Å²) in [6.07, 6.45) is 8.30. The molecule has 0 radical (unpaired) electrons. The van der Waals surface area contributed by atoms with Gasteiger partial charge in [-0.15, -0.1) is 0 Å². The van der Waals surface area contributed by atoms with Crippen molar-refractivity contribution in [2.45, 2.75) is 25.7 Å². The fraction of sp³-hybridized carbons (Fsp3) is 0.179. The summed E-state index contributed by atoms with van der Waals surface area (Å²) >= 11 is 0. The van der Waals surface area contributed by atoms with Crippen LogP contribution in [-0.2, 0) is 25.7 Å². The smallest absolute Gasteiger partial charge is 0.122 e. The van der Waals surface area contributed by atoms with E-state index in [2.05, 4.69) is 72.8 Å². The van der Waals surface area contributed by atoms with Gasteiger partial charge in [-0.1, -0.05) is 60.7 Å². The summed E-state index contributed by atoms with van der Waals surface area (Å²) in [4.78, 5) is 4.77. The molecule has 2 aliphatic rings. The van der Waals surface area contributed by atoms with E-state index < -0.39 is 0 Å². The highest BCUT2D eigenvalue weighted by molar-refractivity contribution is 6.00. The van der Waals surface area contributed by atoms with Crippen molar-refractivity contribution in [3.8, 4) is 5.75 Å². The number of aromatic nitrogens is 1. The summed E-state index contributed by atoms with van der Waals surface area (Å²) in [5.74, 6) is 1.06. The third-order valence-electron chi connectivity index (χ3n) is 6.42. The molecule has 1 aromatic heterocycles. The summed E-state index contributed by atoms with van der Waals surface area (Å²) in [7, 11) is 0. The molecule has 0 fully saturated rings. The Hall–Kier alpha value is -3.39. The molecule has 2 nitrogen and oxygen atoms in total. The van der Waals surface area contributed by atoms with E-state index >= 15 is 0 Å². The van der Waals surface area contributed by atoms with E-state index in [0.717, 1.165) is 38.0 Å².